The summed E-state index contributed by atoms with van der Waals surface area (Å²) in [6.07, 6.45) is 0. The van der Waals surface area contributed by atoms with Gasteiger partial charge in [0.1, 0.15) is 5.75 Å². The van der Waals surface area contributed by atoms with Crippen molar-refractivity contribution in [3.8, 4) is 5.75 Å². The van der Waals surface area contributed by atoms with Gasteiger partial charge in [-0.2, -0.15) is 0 Å². The molecule has 3 heteroatoms. The Morgan fingerprint density at radius 1 is 1.12 bits per heavy atom. The van der Waals surface area contributed by atoms with Gasteiger partial charge >= 0.3 is 0 Å². The summed E-state index contributed by atoms with van der Waals surface area (Å²) in [5, 5.41) is 9.70. The van der Waals surface area contributed by atoms with Crippen LogP contribution in [0.4, 0.5) is 0 Å². The minimum absolute atomic E-state index is 0.0206. The molecule has 86 valence electrons. The molecule has 0 atom stereocenters. The Morgan fingerprint density at radius 2 is 1.82 bits per heavy atom. The average molecular weight is 247 g/mol. The van der Waals surface area contributed by atoms with E-state index in [-0.39, 0.29) is 17.1 Å². The first-order valence-corrected chi connectivity index (χ1v) is 5.73. The fraction of sp³-hybridized carbons (Fsp3) is 0.0714. The number of phenols is 1. The summed E-state index contributed by atoms with van der Waals surface area (Å²) in [5.74, 6) is 0.0952. The standard InChI is InChI=1S/C14H11ClO2/c15-9-10-6-7-13(16)12(8-10)14(17)11-4-2-1-3-5-11/h1-8,16H,9H2. The average Bonchev–Trinajstić information content (AvgIpc) is 2.39. The van der Waals surface area contributed by atoms with Crippen LogP contribution in [0, 0.1) is 0 Å². The van der Waals surface area contributed by atoms with E-state index in [1.165, 1.54) is 6.07 Å². The number of aromatic hydroxyl groups is 1. The third-order valence-corrected chi connectivity index (χ3v) is 2.80. The van der Waals surface area contributed by atoms with Gasteiger partial charge in [-0.15, -0.1) is 11.6 Å². The van der Waals surface area contributed by atoms with Crippen molar-refractivity contribution in [1.82, 2.24) is 0 Å². The molecule has 0 fully saturated rings. The van der Waals surface area contributed by atoms with Gasteiger partial charge < -0.3 is 5.11 Å². The Balaban J connectivity index is 2.44. The summed E-state index contributed by atoms with van der Waals surface area (Å²) in [4.78, 5) is 12.1. The zero-order chi connectivity index (χ0) is 12.3. The summed E-state index contributed by atoms with van der Waals surface area (Å²) < 4.78 is 0. The second kappa shape index (κ2) is 5.02. The molecule has 17 heavy (non-hydrogen) atoms. The minimum Gasteiger partial charge on any atom is -0.507 e. The molecule has 0 bridgehead atoms. The molecule has 0 aliphatic rings. The molecule has 2 aromatic carbocycles. The molecule has 2 rings (SSSR count). The first kappa shape index (κ1) is 11.7. The van der Waals surface area contributed by atoms with Crippen molar-refractivity contribution in [1.29, 1.82) is 0 Å². The molecular formula is C14H11ClO2. The van der Waals surface area contributed by atoms with Gasteiger partial charge in [0.2, 0.25) is 0 Å². The quantitative estimate of drug-likeness (QED) is 0.666. The van der Waals surface area contributed by atoms with Crippen molar-refractivity contribution in [3.63, 3.8) is 0 Å². The number of hydrogen-bond acceptors (Lipinski definition) is 2. The highest BCUT2D eigenvalue weighted by Crippen LogP contribution is 2.22. The van der Waals surface area contributed by atoms with E-state index >= 15 is 0 Å². The van der Waals surface area contributed by atoms with E-state index in [4.69, 9.17) is 11.6 Å². The molecule has 0 amide bonds. The number of phenolic OH excluding ortho intramolecular Hbond substituents is 1. The molecule has 0 spiro atoms. The van der Waals surface area contributed by atoms with Crippen molar-refractivity contribution in [2.45, 2.75) is 5.88 Å². The van der Waals surface area contributed by atoms with Crippen molar-refractivity contribution in [2.75, 3.05) is 0 Å². The summed E-state index contributed by atoms with van der Waals surface area (Å²) >= 11 is 5.71. The molecule has 0 saturated heterocycles. The highest BCUT2D eigenvalue weighted by molar-refractivity contribution is 6.17. The first-order valence-electron chi connectivity index (χ1n) is 5.20. The molecule has 0 aliphatic heterocycles. The lowest BCUT2D eigenvalue weighted by molar-refractivity contribution is 0.103. The van der Waals surface area contributed by atoms with Gasteiger partial charge in [-0.25, -0.2) is 0 Å². The van der Waals surface area contributed by atoms with Gasteiger partial charge in [-0.1, -0.05) is 36.4 Å². The van der Waals surface area contributed by atoms with E-state index in [1.807, 2.05) is 6.07 Å². The van der Waals surface area contributed by atoms with Crippen LogP contribution in [-0.4, -0.2) is 10.9 Å². The first-order chi connectivity index (χ1) is 8.22. The minimum atomic E-state index is -0.199. The predicted molar refractivity (Wildman–Crippen MR) is 67.5 cm³/mol. The molecule has 0 saturated carbocycles. The van der Waals surface area contributed by atoms with E-state index in [9.17, 15) is 9.90 Å². The van der Waals surface area contributed by atoms with Gasteiger partial charge in [0.15, 0.2) is 5.78 Å². The largest absolute Gasteiger partial charge is 0.507 e. The number of benzene rings is 2. The number of rotatable bonds is 3. The number of ketones is 1. The maximum Gasteiger partial charge on any atom is 0.196 e. The zero-order valence-electron chi connectivity index (χ0n) is 9.06. The summed E-state index contributed by atoms with van der Waals surface area (Å²) in [7, 11) is 0. The summed E-state index contributed by atoms with van der Waals surface area (Å²) in [6.45, 7) is 0. The van der Waals surface area contributed by atoms with Crippen LogP contribution in [0.25, 0.3) is 0 Å². The summed E-state index contributed by atoms with van der Waals surface area (Å²) in [5.41, 5.74) is 1.65. The van der Waals surface area contributed by atoms with E-state index < -0.39 is 0 Å². The Hall–Kier alpha value is -1.80. The van der Waals surface area contributed by atoms with E-state index in [0.717, 1.165) is 5.56 Å². The van der Waals surface area contributed by atoms with Crippen LogP contribution >= 0.6 is 11.6 Å². The van der Waals surface area contributed by atoms with E-state index in [2.05, 4.69) is 0 Å². The summed E-state index contributed by atoms with van der Waals surface area (Å²) in [6, 6.07) is 13.7. The molecular weight excluding hydrogens is 236 g/mol. The highest BCUT2D eigenvalue weighted by Gasteiger charge is 2.13. The fourth-order valence-corrected chi connectivity index (χ4v) is 1.76. The van der Waals surface area contributed by atoms with Crippen LogP contribution in [0.3, 0.4) is 0 Å². The molecule has 0 unspecified atom stereocenters. The molecule has 0 radical (unpaired) electrons. The molecule has 2 aromatic rings. The highest BCUT2D eigenvalue weighted by atomic mass is 35.5. The third-order valence-electron chi connectivity index (χ3n) is 2.50. The molecule has 0 heterocycles. The number of halogens is 1. The number of alkyl halides is 1. The Labute approximate surface area is 104 Å². The van der Waals surface area contributed by atoms with Crippen LogP contribution in [0.5, 0.6) is 5.75 Å². The molecule has 0 aromatic heterocycles. The Kier molecular flexibility index (Phi) is 3.45. The number of carbonyl (C=O) groups excluding carboxylic acids is 1. The zero-order valence-corrected chi connectivity index (χ0v) is 9.82. The van der Waals surface area contributed by atoms with Crippen LogP contribution in [0.2, 0.25) is 0 Å². The van der Waals surface area contributed by atoms with Crippen LogP contribution in [0.15, 0.2) is 48.5 Å². The number of carbonyl (C=O) groups is 1. The number of hydrogen-bond donors (Lipinski definition) is 1. The van der Waals surface area contributed by atoms with Crippen molar-refractivity contribution in [2.24, 2.45) is 0 Å². The molecule has 2 nitrogen and oxygen atoms in total. The normalized spacial score (nSPS) is 10.2. The molecule has 1 N–H and O–H groups in total. The monoisotopic (exact) mass is 246 g/mol. The maximum absolute atomic E-state index is 12.1. The lowest BCUT2D eigenvalue weighted by Crippen LogP contribution is -2.02. The Morgan fingerprint density at radius 3 is 2.47 bits per heavy atom. The van der Waals surface area contributed by atoms with Gasteiger partial charge in [-0.05, 0) is 17.7 Å². The van der Waals surface area contributed by atoms with Crippen molar-refractivity contribution < 1.29 is 9.90 Å². The smallest absolute Gasteiger partial charge is 0.196 e. The van der Waals surface area contributed by atoms with Gasteiger partial charge in [-0.3, -0.25) is 4.79 Å². The second-order valence-corrected chi connectivity index (χ2v) is 3.95. The molecule has 0 aliphatic carbocycles. The van der Waals surface area contributed by atoms with Crippen LogP contribution in [0.1, 0.15) is 21.5 Å². The lowest BCUT2D eigenvalue weighted by atomic mass is 10.0. The van der Waals surface area contributed by atoms with Crippen molar-refractivity contribution in [3.05, 3.63) is 65.2 Å². The fourth-order valence-electron chi connectivity index (χ4n) is 1.59. The SMILES string of the molecule is O=C(c1ccccc1)c1cc(CCl)ccc1O. The topological polar surface area (TPSA) is 37.3 Å². The van der Waals surface area contributed by atoms with Gasteiger partial charge in [0.05, 0.1) is 5.56 Å². The van der Waals surface area contributed by atoms with Crippen LogP contribution in [-0.2, 0) is 5.88 Å². The van der Waals surface area contributed by atoms with Gasteiger partial charge in [0, 0.05) is 11.4 Å². The Bertz CT molecular complexity index is 535. The van der Waals surface area contributed by atoms with Gasteiger partial charge in [0.25, 0.3) is 0 Å². The van der Waals surface area contributed by atoms with E-state index in [0.29, 0.717) is 11.4 Å². The van der Waals surface area contributed by atoms with E-state index in [1.54, 1.807) is 36.4 Å². The predicted octanol–water partition coefficient (Wildman–Crippen LogP) is 3.36. The second-order valence-electron chi connectivity index (χ2n) is 3.68. The van der Waals surface area contributed by atoms with Crippen molar-refractivity contribution >= 4 is 17.4 Å². The third kappa shape index (κ3) is 2.48. The maximum atomic E-state index is 12.1. The van der Waals surface area contributed by atoms with Crippen LogP contribution < -0.4 is 0 Å². The lowest BCUT2D eigenvalue weighted by Gasteiger charge is -2.05.